The van der Waals surface area contributed by atoms with Gasteiger partial charge in [-0.2, -0.15) is 0 Å². The largest absolute Gasteiger partial charge is 0.495 e. The Morgan fingerprint density at radius 3 is 2.48 bits per heavy atom. The summed E-state index contributed by atoms with van der Waals surface area (Å²) in [6.07, 6.45) is -0.985. The number of benzene rings is 2. The van der Waals surface area contributed by atoms with Gasteiger partial charge >= 0.3 is 5.97 Å². The van der Waals surface area contributed by atoms with E-state index in [-0.39, 0.29) is 6.61 Å². The molecule has 0 aliphatic carbocycles. The van der Waals surface area contributed by atoms with Gasteiger partial charge in [-0.25, -0.2) is 4.79 Å². The van der Waals surface area contributed by atoms with Gasteiger partial charge in [0.1, 0.15) is 11.5 Å². The van der Waals surface area contributed by atoms with Crippen LogP contribution in [0.2, 0.25) is 5.02 Å². The molecule has 2 aromatic rings. The second kappa shape index (κ2) is 9.28. The predicted octanol–water partition coefficient (Wildman–Crippen LogP) is 3.91. The van der Waals surface area contributed by atoms with Crippen LogP contribution < -0.4 is 14.8 Å². The molecule has 0 bridgehead atoms. The van der Waals surface area contributed by atoms with Gasteiger partial charge in [-0.15, -0.1) is 0 Å². The number of esters is 1. The summed E-state index contributed by atoms with van der Waals surface area (Å²) in [4.78, 5) is 24.1. The van der Waals surface area contributed by atoms with Crippen molar-refractivity contribution < 1.29 is 23.8 Å². The molecule has 0 unspecified atom stereocenters. The normalized spacial score (nSPS) is 11.4. The Morgan fingerprint density at radius 1 is 1.11 bits per heavy atom. The Kier molecular flexibility index (Phi) is 7.07. The van der Waals surface area contributed by atoms with Crippen molar-refractivity contribution in [1.29, 1.82) is 0 Å². The summed E-state index contributed by atoms with van der Waals surface area (Å²) < 4.78 is 15.6. The molecule has 7 heteroatoms. The number of rotatable bonds is 7. The second-order valence-corrected chi connectivity index (χ2v) is 6.41. The summed E-state index contributed by atoms with van der Waals surface area (Å²) in [6.45, 7) is 5.14. The zero-order valence-corrected chi connectivity index (χ0v) is 16.4. The van der Waals surface area contributed by atoms with E-state index in [1.54, 1.807) is 24.3 Å². The van der Waals surface area contributed by atoms with Crippen LogP contribution in [0.25, 0.3) is 0 Å². The summed E-state index contributed by atoms with van der Waals surface area (Å²) in [5.74, 6) is -0.0444. The zero-order chi connectivity index (χ0) is 20.0. The second-order valence-electron chi connectivity index (χ2n) is 6.01. The molecule has 6 nitrogen and oxygen atoms in total. The lowest BCUT2D eigenvalue weighted by Crippen LogP contribution is -2.31. The molecule has 1 N–H and O–H groups in total. The fourth-order valence-corrected chi connectivity index (χ4v) is 2.48. The highest BCUT2D eigenvalue weighted by Gasteiger charge is 2.19. The first kappa shape index (κ1) is 20.6. The zero-order valence-electron chi connectivity index (χ0n) is 15.7. The maximum Gasteiger partial charge on any atom is 0.344 e. The van der Waals surface area contributed by atoms with Crippen LogP contribution in [0.3, 0.4) is 0 Å². The van der Waals surface area contributed by atoms with Gasteiger partial charge in [-0.3, -0.25) is 4.79 Å². The van der Waals surface area contributed by atoms with Crippen molar-refractivity contribution in [2.45, 2.75) is 26.9 Å². The predicted molar refractivity (Wildman–Crippen MR) is 104 cm³/mol. The molecule has 144 valence electrons. The van der Waals surface area contributed by atoms with Gasteiger partial charge < -0.3 is 19.5 Å². The number of halogens is 1. The first-order valence-corrected chi connectivity index (χ1v) is 8.72. The third-order valence-electron chi connectivity index (χ3n) is 3.93. The van der Waals surface area contributed by atoms with Crippen molar-refractivity contribution in [3.8, 4) is 11.5 Å². The van der Waals surface area contributed by atoms with Crippen LogP contribution in [0.15, 0.2) is 36.4 Å². The number of carbonyl (C=O) groups is 2. The van der Waals surface area contributed by atoms with Crippen molar-refractivity contribution in [1.82, 2.24) is 0 Å². The minimum Gasteiger partial charge on any atom is -0.495 e. The fraction of sp³-hybridized carbons (Fsp3) is 0.300. The van der Waals surface area contributed by atoms with Gasteiger partial charge in [0.2, 0.25) is 0 Å². The molecule has 0 saturated carbocycles. The van der Waals surface area contributed by atoms with Gasteiger partial charge in [0.05, 0.1) is 12.1 Å². The minimum atomic E-state index is -0.985. The van der Waals surface area contributed by atoms with E-state index in [0.717, 1.165) is 11.1 Å². The average molecular weight is 392 g/mol. The number of nitrogens with one attached hydrogen (secondary N) is 1. The molecule has 27 heavy (non-hydrogen) atoms. The van der Waals surface area contributed by atoms with Gasteiger partial charge in [0.25, 0.3) is 5.91 Å². The number of hydrogen-bond donors (Lipinski definition) is 1. The molecule has 0 saturated heterocycles. The number of carbonyl (C=O) groups excluding carboxylic acids is 2. The van der Waals surface area contributed by atoms with E-state index in [1.807, 2.05) is 26.0 Å². The number of ether oxygens (including phenoxy) is 3. The quantitative estimate of drug-likeness (QED) is 0.724. The van der Waals surface area contributed by atoms with Gasteiger partial charge in [0.15, 0.2) is 12.7 Å². The molecule has 1 amide bonds. The van der Waals surface area contributed by atoms with Crippen molar-refractivity contribution in [3.05, 3.63) is 52.5 Å². The van der Waals surface area contributed by atoms with Gasteiger partial charge in [-0.1, -0.05) is 17.7 Å². The van der Waals surface area contributed by atoms with Crippen LogP contribution >= 0.6 is 11.6 Å². The number of hydrogen-bond acceptors (Lipinski definition) is 5. The average Bonchev–Trinajstić information content (AvgIpc) is 2.62. The Labute approximate surface area is 163 Å². The molecule has 0 fully saturated rings. The maximum absolute atomic E-state index is 12.2. The monoisotopic (exact) mass is 391 g/mol. The van der Waals surface area contributed by atoms with Crippen LogP contribution in [0.1, 0.15) is 18.1 Å². The van der Waals surface area contributed by atoms with E-state index in [4.69, 9.17) is 25.8 Å². The standard InChI is InChI=1S/C20H22ClNO5/c1-12-5-7-16(9-13(12)2)26-11-19(23)27-14(3)20(24)22-15-6-8-18(25-4)17(21)10-15/h5-10,14H,11H2,1-4H3,(H,22,24)/t14-/m1/s1. The molecule has 0 aliphatic heterocycles. The van der Waals surface area contributed by atoms with Crippen molar-refractivity contribution in [2.24, 2.45) is 0 Å². The lowest BCUT2D eigenvalue weighted by molar-refractivity contribution is -0.155. The molecule has 0 aromatic heterocycles. The molecule has 0 spiro atoms. The molecule has 1 atom stereocenters. The molecular formula is C20H22ClNO5. The van der Waals surface area contributed by atoms with Gasteiger partial charge in [0, 0.05) is 5.69 Å². The third-order valence-corrected chi connectivity index (χ3v) is 4.23. The number of aryl methyl sites for hydroxylation is 2. The third kappa shape index (κ3) is 5.89. The minimum absolute atomic E-state index is 0.283. The Balaban J connectivity index is 1.85. The van der Waals surface area contributed by atoms with Crippen LogP contribution in [0.5, 0.6) is 11.5 Å². The van der Waals surface area contributed by atoms with E-state index >= 15 is 0 Å². The van der Waals surface area contributed by atoms with E-state index in [9.17, 15) is 9.59 Å². The topological polar surface area (TPSA) is 73.9 Å². The molecule has 0 heterocycles. The number of methoxy groups -OCH3 is 1. The summed E-state index contributed by atoms with van der Waals surface area (Å²) in [6, 6.07) is 10.3. The summed E-state index contributed by atoms with van der Waals surface area (Å²) in [5, 5.41) is 2.99. The Morgan fingerprint density at radius 2 is 1.85 bits per heavy atom. The summed E-state index contributed by atoms with van der Waals surface area (Å²) >= 11 is 6.02. The van der Waals surface area contributed by atoms with Crippen LogP contribution in [0, 0.1) is 13.8 Å². The molecule has 0 radical (unpaired) electrons. The van der Waals surface area contributed by atoms with Crippen molar-refractivity contribution in [2.75, 3.05) is 19.0 Å². The molecular weight excluding hydrogens is 370 g/mol. The lowest BCUT2D eigenvalue weighted by Gasteiger charge is -2.14. The van der Waals surface area contributed by atoms with E-state index < -0.39 is 18.0 Å². The number of anilines is 1. The number of amides is 1. The molecule has 2 aromatic carbocycles. The summed E-state index contributed by atoms with van der Waals surface area (Å²) in [7, 11) is 1.50. The highest BCUT2D eigenvalue weighted by molar-refractivity contribution is 6.32. The van der Waals surface area contributed by atoms with E-state index in [1.165, 1.54) is 14.0 Å². The highest BCUT2D eigenvalue weighted by Crippen LogP contribution is 2.27. The fourth-order valence-electron chi connectivity index (χ4n) is 2.22. The maximum atomic E-state index is 12.2. The first-order chi connectivity index (χ1) is 12.8. The van der Waals surface area contributed by atoms with Crippen LogP contribution in [-0.2, 0) is 14.3 Å². The van der Waals surface area contributed by atoms with Gasteiger partial charge in [-0.05, 0) is 62.2 Å². The van der Waals surface area contributed by atoms with Crippen molar-refractivity contribution in [3.63, 3.8) is 0 Å². The highest BCUT2D eigenvalue weighted by atomic mass is 35.5. The molecule has 0 aliphatic rings. The SMILES string of the molecule is COc1ccc(NC(=O)[C@@H](C)OC(=O)COc2ccc(C)c(C)c2)cc1Cl. The lowest BCUT2D eigenvalue weighted by atomic mass is 10.1. The van der Waals surface area contributed by atoms with Crippen molar-refractivity contribution >= 4 is 29.2 Å². The Hall–Kier alpha value is -2.73. The van der Waals surface area contributed by atoms with Crippen LogP contribution in [0.4, 0.5) is 5.69 Å². The van der Waals surface area contributed by atoms with E-state index in [0.29, 0.717) is 22.2 Å². The first-order valence-electron chi connectivity index (χ1n) is 8.34. The molecule has 2 rings (SSSR count). The smallest absolute Gasteiger partial charge is 0.344 e. The van der Waals surface area contributed by atoms with E-state index in [2.05, 4.69) is 5.32 Å². The Bertz CT molecular complexity index is 837. The summed E-state index contributed by atoms with van der Waals surface area (Å²) in [5.41, 5.74) is 2.67. The van der Waals surface area contributed by atoms with Crippen LogP contribution in [-0.4, -0.2) is 31.7 Å².